The van der Waals surface area contributed by atoms with Crippen molar-refractivity contribution in [2.24, 2.45) is 0 Å². The van der Waals surface area contributed by atoms with E-state index in [1.54, 1.807) is 30.3 Å². The molecule has 0 spiro atoms. The molecule has 0 heterocycles. The summed E-state index contributed by atoms with van der Waals surface area (Å²) in [6.07, 6.45) is 0. The fourth-order valence-electron chi connectivity index (χ4n) is 1.52. The Morgan fingerprint density at radius 2 is 2.10 bits per heavy atom. The molecule has 1 amide bonds. The summed E-state index contributed by atoms with van der Waals surface area (Å²) in [6, 6.07) is 11.0. The normalized spacial score (nSPS) is 10.3. The summed E-state index contributed by atoms with van der Waals surface area (Å²) < 4.78 is 13.0. The lowest BCUT2D eigenvalue weighted by Crippen LogP contribution is -2.14. The van der Waals surface area contributed by atoms with Gasteiger partial charge in [0.15, 0.2) is 0 Å². The largest absolute Gasteiger partial charge is 0.397 e. The van der Waals surface area contributed by atoms with Crippen LogP contribution in [0.3, 0.4) is 0 Å². The minimum Gasteiger partial charge on any atom is -0.397 e. The average Bonchev–Trinajstić information content (AvgIpc) is 2.41. The van der Waals surface area contributed by atoms with Gasteiger partial charge in [-0.15, -0.1) is 11.8 Å². The molecule has 0 radical (unpaired) electrons. The highest BCUT2D eigenvalue weighted by Gasteiger charge is 2.05. The number of nitrogen functional groups attached to an aromatic ring is 1. The maximum atomic E-state index is 13.0. The van der Waals surface area contributed by atoms with Gasteiger partial charge in [0.1, 0.15) is 5.82 Å². The fraction of sp³-hybridized carbons (Fsp3) is 0.0714. The molecule has 104 valence electrons. The molecular weight excluding hydrogens is 299 g/mol. The average molecular weight is 311 g/mol. The first-order valence-electron chi connectivity index (χ1n) is 5.78. The number of halogens is 2. The van der Waals surface area contributed by atoms with E-state index in [9.17, 15) is 9.18 Å². The molecule has 0 saturated heterocycles. The van der Waals surface area contributed by atoms with Crippen molar-refractivity contribution in [3.8, 4) is 0 Å². The van der Waals surface area contributed by atoms with Gasteiger partial charge in [0, 0.05) is 10.6 Å². The Morgan fingerprint density at radius 1 is 1.30 bits per heavy atom. The molecule has 0 aromatic heterocycles. The maximum absolute atomic E-state index is 13.0. The summed E-state index contributed by atoms with van der Waals surface area (Å²) in [6.45, 7) is 0. The summed E-state index contributed by atoms with van der Waals surface area (Å²) in [5.41, 5.74) is 6.63. The monoisotopic (exact) mass is 310 g/mol. The molecule has 3 N–H and O–H groups in total. The predicted molar refractivity (Wildman–Crippen MR) is 81.6 cm³/mol. The van der Waals surface area contributed by atoms with Gasteiger partial charge < -0.3 is 11.1 Å². The molecule has 0 fully saturated rings. The zero-order valence-corrected chi connectivity index (χ0v) is 12.0. The van der Waals surface area contributed by atoms with Gasteiger partial charge in [-0.2, -0.15) is 0 Å². The van der Waals surface area contributed by atoms with Crippen molar-refractivity contribution < 1.29 is 9.18 Å². The van der Waals surface area contributed by atoms with Gasteiger partial charge in [0.05, 0.1) is 16.5 Å². The van der Waals surface area contributed by atoms with Crippen molar-refractivity contribution in [3.05, 3.63) is 53.3 Å². The number of carbonyl (C=O) groups is 1. The third-order valence-corrected chi connectivity index (χ3v) is 3.78. The second-order valence-corrected chi connectivity index (χ2v) is 5.49. The Balaban J connectivity index is 1.91. The standard InChI is InChI=1S/C14H12ClFN2OS/c15-12-5-4-10(7-13(12)17)18-14(19)8-20-11-3-1-2-9(16)6-11/h1-7H,8,17H2,(H,18,19). The van der Waals surface area contributed by atoms with Crippen molar-refractivity contribution in [1.82, 2.24) is 0 Å². The van der Waals surface area contributed by atoms with Crippen LogP contribution in [0.4, 0.5) is 15.8 Å². The highest BCUT2D eigenvalue weighted by molar-refractivity contribution is 8.00. The van der Waals surface area contributed by atoms with Crippen LogP contribution in [0.25, 0.3) is 0 Å². The number of anilines is 2. The molecule has 0 aliphatic carbocycles. The number of amides is 1. The van der Waals surface area contributed by atoms with E-state index in [4.69, 9.17) is 17.3 Å². The molecule has 0 aliphatic rings. The first kappa shape index (κ1) is 14.7. The van der Waals surface area contributed by atoms with Gasteiger partial charge in [-0.25, -0.2) is 4.39 Å². The Bertz CT molecular complexity index is 636. The highest BCUT2D eigenvalue weighted by Crippen LogP contribution is 2.23. The van der Waals surface area contributed by atoms with Crippen LogP contribution in [0.2, 0.25) is 5.02 Å². The number of thioether (sulfide) groups is 1. The summed E-state index contributed by atoms with van der Waals surface area (Å²) >= 11 is 7.06. The van der Waals surface area contributed by atoms with Gasteiger partial charge in [-0.3, -0.25) is 4.79 Å². The van der Waals surface area contributed by atoms with Crippen LogP contribution in [-0.4, -0.2) is 11.7 Å². The van der Waals surface area contributed by atoms with Gasteiger partial charge in [0.25, 0.3) is 0 Å². The van der Waals surface area contributed by atoms with E-state index >= 15 is 0 Å². The SMILES string of the molecule is Nc1cc(NC(=O)CSc2cccc(F)c2)ccc1Cl. The first-order chi connectivity index (χ1) is 9.54. The maximum Gasteiger partial charge on any atom is 0.234 e. The van der Waals surface area contributed by atoms with Crippen molar-refractivity contribution in [1.29, 1.82) is 0 Å². The van der Waals surface area contributed by atoms with Crippen molar-refractivity contribution in [2.75, 3.05) is 16.8 Å². The number of rotatable bonds is 4. The Kier molecular flexibility index (Phi) is 4.87. The summed E-state index contributed by atoms with van der Waals surface area (Å²) in [5.74, 6) is -0.326. The molecule has 0 atom stereocenters. The fourth-order valence-corrected chi connectivity index (χ4v) is 2.38. The molecule has 2 rings (SSSR count). The number of hydrogen-bond acceptors (Lipinski definition) is 3. The Hall–Kier alpha value is -1.72. The van der Waals surface area contributed by atoms with Crippen LogP contribution >= 0.6 is 23.4 Å². The summed E-state index contributed by atoms with van der Waals surface area (Å²) in [5, 5.41) is 3.14. The van der Waals surface area contributed by atoms with Crippen molar-refractivity contribution in [3.63, 3.8) is 0 Å². The lowest BCUT2D eigenvalue weighted by molar-refractivity contribution is -0.113. The molecule has 2 aromatic rings. The van der Waals surface area contributed by atoms with E-state index in [0.717, 1.165) is 0 Å². The smallest absolute Gasteiger partial charge is 0.234 e. The predicted octanol–water partition coefficient (Wildman–Crippen LogP) is 3.79. The molecule has 0 saturated carbocycles. The van der Waals surface area contributed by atoms with Gasteiger partial charge in [0.2, 0.25) is 5.91 Å². The minimum absolute atomic E-state index is 0.186. The van der Waals surface area contributed by atoms with Gasteiger partial charge >= 0.3 is 0 Å². The van der Waals surface area contributed by atoms with Crippen molar-refractivity contribution >= 4 is 40.6 Å². The zero-order valence-electron chi connectivity index (χ0n) is 10.4. The number of nitrogens with two attached hydrogens (primary N) is 1. The second kappa shape index (κ2) is 6.63. The molecule has 2 aromatic carbocycles. The molecule has 6 heteroatoms. The number of hydrogen-bond donors (Lipinski definition) is 2. The molecule has 0 unspecified atom stereocenters. The van der Waals surface area contributed by atoms with E-state index in [2.05, 4.69) is 5.32 Å². The topological polar surface area (TPSA) is 55.1 Å². The van der Waals surface area contributed by atoms with E-state index in [0.29, 0.717) is 21.3 Å². The van der Waals surface area contributed by atoms with Crippen LogP contribution in [0.15, 0.2) is 47.4 Å². The molecule has 0 bridgehead atoms. The summed E-state index contributed by atoms with van der Waals surface area (Å²) in [7, 11) is 0. The van der Waals surface area contributed by atoms with Crippen LogP contribution in [-0.2, 0) is 4.79 Å². The van der Waals surface area contributed by atoms with E-state index in [1.807, 2.05) is 0 Å². The minimum atomic E-state index is -0.319. The van der Waals surface area contributed by atoms with Gasteiger partial charge in [-0.05, 0) is 36.4 Å². The number of nitrogens with one attached hydrogen (secondary N) is 1. The van der Waals surface area contributed by atoms with E-state index in [1.165, 1.54) is 23.9 Å². The third-order valence-electron chi connectivity index (χ3n) is 2.45. The molecule has 3 nitrogen and oxygen atoms in total. The first-order valence-corrected chi connectivity index (χ1v) is 7.14. The van der Waals surface area contributed by atoms with E-state index in [-0.39, 0.29) is 17.5 Å². The van der Waals surface area contributed by atoms with Crippen LogP contribution in [0.5, 0.6) is 0 Å². The second-order valence-electron chi connectivity index (χ2n) is 4.03. The lowest BCUT2D eigenvalue weighted by atomic mass is 10.3. The Morgan fingerprint density at radius 3 is 2.80 bits per heavy atom. The lowest BCUT2D eigenvalue weighted by Gasteiger charge is -2.07. The zero-order chi connectivity index (χ0) is 14.5. The summed E-state index contributed by atoms with van der Waals surface area (Å²) in [4.78, 5) is 12.5. The highest BCUT2D eigenvalue weighted by atomic mass is 35.5. The molecule has 20 heavy (non-hydrogen) atoms. The van der Waals surface area contributed by atoms with Gasteiger partial charge in [-0.1, -0.05) is 17.7 Å². The molecule has 0 aliphatic heterocycles. The quantitative estimate of drug-likeness (QED) is 0.667. The third kappa shape index (κ3) is 4.15. The van der Waals surface area contributed by atoms with E-state index < -0.39 is 0 Å². The van der Waals surface area contributed by atoms with Crippen molar-refractivity contribution in [2.45, 2.75) is 4.90 Å². The van der Waals surface area contributed by atoms with Crippen LogP contribution in [0, 0.1) is 5.82 Å². The number of carbonyl (C=O) groups excluding carboxylic acids is 1. The van der Waals surface area contributed by atoms with Crippen LogP contribution < -0.4 is 11.1 Å². The van der Waals surface area contributed by atoms with Crippen LogP contribution in [0.1, 0.15) is 0 Å². The Labute approximate surface area is 125 Å². The molecular formula is C14H12ClFN2OS. The number of benzene rings is 2.